The summed E-state index contributed by atoms with van der Waals surface area (Å²) in [6, 6.07) is 5.04. The van der Waals surface area contributed by atoms with Crippen LogP contribution in [0, 0.1) is 5.82 Å². The molecule has 1 rings (SSSR count). The highest BCUT2D eigenvalue weighted by Crippen LogP contribution is 2.22. The number of hydrogen-bond donors (Lipinski definition) is 1. The Kier molecular flexibility index (Phi) is 4.26. The smallest absolute Gasteiger partial charge is 0.168 e. The van der Waals surface area contributed by atoms with E-state index in [1.54, 1.807) is 25.3 Å². The first-order chi connectivity index (χ1) is 7.50. The fourth-order valence-corrected chi connectivity index (χ4v) is 1.67. The molecule has 0 saturated heterocycles. The van der Waals surface area contributed by atoms with Gasteiger partial charge in [-0.3, -0.25) is 0 Å². The number of benzene rings is 1. The number of nitrogens with two attached hydrogens (primary N) is 1. The van der Waals surface area contributed by atoms with Crippen LogP contribution in [-0.2, 0) is 11.2 Å². The van der Waals surface area contributed by atoms with Crippen molar-refractivity contribution in [1.29, 1.82) is 0 Å². The van der Waals surface area contributed by atoms with E-state index in [9.17, 15) is 4.39 Å². The number of methoxy groups -OCH3 is 2. The molecule has 0 saturated carbocycles. The molecular weight excluding hydrogens is 209 g/mol. The lowest BCUT2D eigenvalue weighted by Crippen LogP contribution is -2.43. The molecular formula is C12H18FNO2. The maximum atomic E-state index is 13.8. The zero-order chi connectivity index (χ0) is 12.2. The quantitative estimate of drug-likeness (QED) is 0.833. The normalized spacial score (nSPS) is 14.6. The van der Waals surface area contributed by atoms with Crippen molar-refractivity contribution in [3.8, 4) is 5.75 Å². The number of rotatable bonds is 5. The van der Waals surface area contributed by atoms with Crippen LogP contribution in [0.3, 0.4) is 0 Å². The Morgan fingerprint density at radius 1 is 1.38 bits per heavy atom. The van der Waals surface area contributed by atoms with Crippen molar-refractivity contribution in [3.63, 3.8) is 0 Å². The molecule has 0 bridgehead atoms. The van der Waals surface area contributed by atoms with Crippen LogP contribution in [0.15, 0.2) is 18.2 Å². The Morgan fingerprint density at radius 2 is 2.06 bits per heavy atom. The van der Waals surface area contributed by atoms with Gasteiger partial charge in [-0.15, -0.1) is 0 Å². The molecule has 16 heavy (non-hydrogen) atoms. The summed E-state index contributed by atoms with van der Waals surface area (Å²) < 4.78 is 23.7. The van der Waals surface area contributed by atoms with Gasteiger partial charge in [-0.2, -0.15) is 0 Å². The van der Waals surface area contributed by atoms with Gasteiger partial charge in [0.05, 0.1) is 13.7 Å². The van der Waals surface area contributed by atoms with Gasteiger partial charge in [0.25, 0.3) is 0 Å². The standard InChI is InChI=1S/C12H18FNO2/c1-12(14,8-15-2)7-9-5-4-6-10(16-3)11(9)13/h4-6H,7-8,14H2,1-3H3. The van der Waals surface area contributed by atoms with Crippen LogP contribution in [-0.4, -0.2) is 26.4 Å². The summed E-state index contributed by atoms with van der Waals surface area (Å²) in [5.41, 5.74) is 5.95. The second-order valence-electron chi connectivity index (χ2n) is 4.20. The molecule has 0 spiro atoms. The summed E-state index contributed by atoms with van der Waals surface area (Å²) >= 11 is 0. The first-order valence-electron chi connectivity index (χ1n) is 5.09. The van der Waals surface area contributed by atoms with E-state index in [1.807, 2.05) is 6.92 Å². The van der Waals surface area contributed by atoms with Crippen molar-refractivity contribution >= 4 is 0 Å². The molecule has 3 nitrogen and oxygen atoms in total. The van der Waals surface area contributed by atoms with E-state index in [0.29, 0.717) is 18.6 Å². The average Bonchev–Trinajstić information content (AvgIpc) is 2.21. The number of ether oxygens (including phenoxy) is 2. The van der Waals surface area contributed by atoms with Gasteiger partial charge in [0.2, 0.25) is 0 Å². The van der Waals surface area contributed by atoms with Crippen molar-refractivity contribution in [3.05, 3.63) is 29.6 Å². The number of halogens is 1. The summed E-state index contributed by atoms with van der Waals surface area (Å²) in [4.78, 5) is 0. The fourth-order valence-electron chi connectivity index (χ4n) is 1.67. The molecule has 1 aromatic carbocycles. The van der Waals surface area contributed by atoms with E-state index >= 15 is 0 Å². The molecule has 4 heteroatoms. The van der Waals surface area contributed by atoms with Crippen LogP contribution in [0.5, 0.6) is 5.75 Å². The maximum absolute atomic E-state index is 13.8. The predicted octanol–water partition coefficient (Wildman–Crippen LogP) is 1.74. The third-order valence-corrected chi connectivity index (χ3v) is 2.33. The summed E-state index contributed by atoms with van der Waals surface area (Å²) in [6.07, 6.45) is 0.407. The SMILES string of the molecule is COCC(C)(N)Cc1cccc(OC)c1F. The lowest BCUT2D eigenvalue weighted by Gasteiger charge is -2.24. The lowest BCUT2D eigenvalue weighted by molar-refractivity contribution is 0.140. The highest BCUT2D eigenvalue weighted by atomic mass is 19.1. The van der Waals surface area contributed by atoms with Gasteiger partial charge in [-0.25, -0.2) is 4.39 Å². The molecule has 2 N–H and O–H groups in total. The van der Waals surface area contributed by atoms with E-state index in [0.717, 1.165) is 0 Å². The van der Waals surface area contributed by atoms with Gasteiger partial charge in [0.15, 0.2) is 11.6 Å². The maximum Gasteiger partial charge on any atom is 0.168 e. The van der Waals surface area contributed by atoms with E-state index in [2.05, 4.69) is 0 Å². The molecule has 1 atom stereocenters. The van der Waals surface area contributed by atoms with E-state index in [-0.39, 0.29) is 11.6 Å². The first kappa shape index (κ1) is 12.9. The predicted molar refractivity (Wildman–Crippen MR) is 61.1 cm³/mol. The Balaban J connectivity index is 2.89. The van der Waals surface area contributed by atoms with E-state index in [4.69, 9.17) is 15.2 Å². The van der Waals surface area contributed by atoms with Gasteiger partial charge in [0.1, 0.15) is 0 Å². The highest BCUT2D eigenvalue weighted by Gasteiger charge is 2.21. The van der Waals surface area contributed by atoms with E-state index in [1.165, 1.54) is 7.11 Å². The molecule has 0 aliphatic rings. The molecule has 0 radical (unpaired) electrons. The van der Waals surface area contributed by atoms with Crippen molar-refractivity contribution < 1.29 is 13.9 Å². The summed E-state index contributed by atoms with van der Waals surface area (Å²) in [6.45, 7) is 2.21. The molecule has 0 aliphatic heterocycles. The van der Waals surface area contributed by atoms with Gasteiger partial charge >= 0.3 is 0 Å². The Morgan fingerprint density at radius 3 is 2.62 bits per heavy atom. The van der Waals surface area contributed by atoms with Crippen LogP contribution in [0.1, 0.15) is 12.5 Å². The van der Waals surface area contributed by atoms with Gasteiger partial charge in [-0.05, 0) is 25.0 Å². The minimum atomic E-state index is -0.581. The molecule has 90 valence electrons. The second-order valence-corrected chi connectivity index (χ2v) is 4.20. The minimum absolute atomic E-state index is 0.241. The van der Waals surface area contributed by atoms with Gasteiger partial charge < -0.3 is 15.2 Å². The topological polar surface area (TPSA) is 44.5 Å². The Labute approximate surface area is 95.4 Å². The number of hydrogen-bond acceptors (Lipinski definition) is 3. The minimum Gasteiger partial charge on any atom is -0.494 e. The molecule has 1 unspecified atom stereocenters. The van der Waals surface area contributed by atoms with Gasteiger partial charge in [0, 0.05) is 12.6 Å². The summed E-state index contributed by atoms with van der Waals surface area (Å²) in [5.74, 6) is -0.108. The molecule has 0 fully saturated rings. The molecule has 1 aromatic rings. The van der Waals surface area contributed by atoms with Crippen LogP contribution in [0.25, 0.3) is 0 Å². The lowest BCUT2D eigenvalue weighted by atomic mass is 9.94. The van der Waals surface area contributed by atoms with Crippen LogP contribution in [0.4, 0.5) is 4.39 Å². The van der Waals surface area contributed by atoms with Crippen molar-refractivity contribution in [1.82, 2.24) is 0 Å². The molecule has 0 heterocycles. The van der Waals surface area contributed by atoms with Crippen molar-refractivity contribution in [2.75, 3.05) is 20.8 Å². The summed E-state index contributed by atoms with van der Waals surface area (Å²) in [5, 5.41) is 0. The zero-order valence-corrected chi connectivity index (χ0v) is 9.92. The highest BCUT2D eigenvalue weighted by molar-refractivity contribution is 5.32. The largest absolute Gasteiger partial charge is 0.494 e. The monoisotopic (exact) mass is 227 g/mol. The van der Waals surface area contributed by atoms with Crippen molar-refractivity contribution in [2.45, 2.75) is 18.9 Å². The zero-order valence-electron chi connectivity index (χ0n) is 9.92. The molecule has 0 aliphatic carbocycles. The Bertz CT molecular complexity index is 353. The average molecular weight is 227 g/mol. The third kappa shape index (κ3) is 3.18. The fraction of sp³-hybridized carbons (Fsp3) is 0.500. The third-order valence-electron chi connectivity index (χ3n) is 2.33. The van der Waals surface area contributed by atoms with Gasteiger partial charge in [-0.1, -0.05) is 12.1 Å². The van der Waals surface area contributed by atoms with E-state index < -0.39 is 5.54 Å². The van der Waals surface area contributed by atoms with Crippen LogP contribution < -0.4 is 10.5 Å². The van der Waals surface area contributed by atoms with Crippen LogP contribution >= 0.6 is 0 Å². The Hall–Kier alpha value is -1.13. The molecule has 0 aromatic heterocycles. The summed E-state index contributed by atoms with van der Waals surface area (Å²) in [7, 11) is 3.02. The first-order valence-corrected chi connectivity index (χ1v) is 5.09. The van der Waals surface area contributed by atoms with Crippen molar-refractivity contribution in [2.24, 2.45) is 5.73 Å². The molecule has 0 amide bonds. The second kappa shape index (κ2) is 5.27. The van der Waals surface area contributed by atoms with Crippen LogP contribution in [0.2, 0.25) is 0 Å².